The standard InChI is InChI=1S/C16H9FN2O3S/c17-11-3-2-10(9-5-6-22-14(9)11)15(21)19-16-18-12-7-8(20)1-4-13(12)23-16/h1-7,20H,(H,18,19,21). The van der Waals surface area contributed by atoms with Gasteiger partial charge in [0.1, 0.15) is 5.75 Å². The number of anilines is 1. The summed E-state index contributed by atoms with van der Waals surface area (Å²) >= 11 is 1.29. The van der Waals surface area contributed by atoms with Crippen LogP contribution in [0.5, 0.6) is 5.75 Å². The molecule has 0 aliphatic heterocycles. The van der Waals surface area contributed by atoms with Gasteiger partial charge in [0, 0.05) is 11.5 Å². The minimum atomic E-state index is -0.517. The van der Waals surface area contributed by atoms with Crippen molar-refractivity contribution in [3.63, 3.8) is 0 Å². The Morgan fingerprint density at radius 1 is 1.26 bits per heavy atom. The Bertz CT molecular complexity index is 1050. The number of amides is 1. The predicted molar refractivity (Wildman–Crippen MR) is 85.4 cm³/mol. The first-order chi connectivity index (χ1) is 11.1. The molecule has 0 bridgehead atoms. The van der Waals surface area contributed by atoms with E-state index in [9.17, 15) is 14.3 Å². The average Bonchev–Trinajstić information content (AvgIpc) is 3.13. The van der Waals surface area contributed by atoms with Gasteiger partial charge in [-0.3, -0.25) is 10.1 Å². The summed E-state index contributed by atoms with van der Waals surface area (Å²) in [6.45, 7) is 0. The van der Waals surface area contributed by atoms with Crippen LogP contribution in [-0.4, -0.2) is 16.0 Å². The molecule has 2 aromatic heterocycles. The number of phenols is 1. The monoisotopic (exact) mass is 328 g/mol. The Kier molecular flexibility index (Phi) is 3.02. The molecule has 0 atom stereocenters. The minimum absolute atomic E-state index is 0.0480. The second-order valence-corrected chi connectivity index (χ2v) is 5.91. The number of carbonyl (C=O) groups is 1. The first-order valence-electron chi connectivity index (χ1n) is 6.68. The summed E-state index contributed by atoms with van der Waals surface area (Å²) in [5.41, 5.74) is 0.946. The molecule has 5 nitrogen and oxygen atoms in total. The van der Waals surface area contributed by atoms with Crippen LogP contribution in [0.1, 0.15) is 10.4 Å². The van der Waals surface area contributed by atoms with Crippen molar-refractivity contribution < 1.29 is 18.7 Å². The van der Waals surface area contributed by atoms with Crippen LogP contribution in [-0.2, 0) is 0 Å². The van der Waals surface area contributed by atoms with Gasteiger partial charge in [-0.25, -0.2) is 9.37 Å². The topological polar surface area (TPSA) is 75.4 Å². The number of hydrogen-bond donors (Lipinski definition) is 2. The van der Waals surface area contributed by atoms with Crippen LogP contribution in [0.15, 0.2) is 47.1 Å². The van der Waals surface area contributed by atoms with E-state index in [1.807, 2.05) is 0 Å². The molecule has 7 heteroatoms. The minimum Gasteiger partial charge on any atom is -0.508 e. The Hall–Kier alpha value is -2.93. The van der Waals surface area contributed by atoms with Crippen LogP contribution in [0.2, 0.25) is 0 Å². The molecule has 0 fully saturated rings. The van der Waals surface area contributed by atoms with E-state index < -0.39 is 11.7 Å². The largest absolute Gasteiger partial charge is 0.508 e. The van der Waals surface area contributed by atoms with Crippen LogP contribution in [0.4, 0.5) is 9.52 Å². The maximum Gasteiger partial charge on any atom is 0.258 e. The van der Waals surface area contributed by atoms with Crippen LogP contribution in [0, 0.1) is 5.82 Å². The van der Waals surface area contributed by atoms with Gasteiger partial charge in [-0.2, -0.15) is 0 Å². The summed E-state index contributed by atoms with van der Waals surface area (Å²) < 4.78 is 19.5. The maximum absolute atomic E-state index is 13.6. The van der Waals surface area contributed by atoms with Gasteiger partial charge in [-0.1, -0.05) is 11.3 Å². The number of aromatic hydroxyl groups is 1. The van der Waals surface area contributed by atoms with Gasteiger partial charge >= 0.3 is 0 Å². The molecule has 0 saturated carbocycles. The second-order valence-electron chi connectivity index (χ2n) is 4.88. The third-order valence-corrected chi connectivity index (χ3v) is 4.36. The quantitative estimate of drug-likeness (QED) is 0.580. The molecule has 0 radical (unpaired) electrons. The number of benzene rings is 2. The van der Waals surface area contributed by atoms with E-state index in [1.165, 1.54) is 35.8 Å². The number of halogens is 1. The molecule has 23 heavy (non-hydrogen) atoms. The predicted octanol–water partition coefficient (Wildman–Crippen LogP) is 4.14. The van der Waals surface area contributed by atoms with Crippen molar-refractivity contribution >= 4 is 43.6 Å². The molecular weight excluding hydrogens is 319 g/mol. The van der Waals surface area contributed by atoms with Crippen LogP contribution >= 0.6 is 11.3 Å². The highest BCUT2D eigenvalue weighted by Crippen LogP contribution is 2.29. The maximum atomic E-state index is 13.6. The van der Waals surface area contributed by atoms with E-state index >= 15 is 0 Å². The number of fused-ring (bicyclic) bond motifs is 2. The summed E-state index contributed by atoms with van der Waals surface area (Å²) in [4.78, 5) is 16.7. The number of rotatable bonds is 2. The second kappa shape index (κ2) is 5.06. The molecule has 114 valence electrons. The third-order valence-electron chi connectivity index (χ3n) is 3.40. The Labute approximate surface area is 133 Å². The molecule has 4 rings (SSSR count). The van der Waals surface area contributed by atoms with Crippen molar-refractivity contribution in [3.8, 4) is 5.75 Å². The number of thiazole rings is 1. The highest BCUT2D eigenvalue weighted by Gasteiger charge is 2.16. The van der Waals surface area contributed by atoms with E-state index in [4.69, 9.17) is 4.42 Å². The molecule has 0 aliphatic rings. The van der Waals surface area contributed by atoms with Crippen molar-refractivity contribution in [3.05, 3.63) is 54.0 Å². The number of phenolic OH excluding ortho intramolecular Hbond substituents is 1. The van der Waals surface area contributed by atoms with Crippen molar-refractivity contribution in [1.82, 2.24) is 4.98 Å². The van der Waals surface area contributed by atoms with E-state index in [0.717, 1.165) is 4.70 Å². The molecule has 0 spiro atoms. The lowest BCUT2D eigenvalue weighted by atomic mass is 10.1. The van der Waals surface area contributed by atoms with Gasteiger partial charge in [0.05, 0.1) is 22.0 Å². The molecule has 0 aliphatic carbocycles. The fourth-order valence-corrected chi connectivity index (χ4v) is 3.20. The smallest absolute Gasteiger partial charge is 0.258 e. The molecule has 0 saturated heterocycles. The van der Waals surface area contributed by atoms with Crippen molar-refractivity contribution in [2.45, 2.75) is 0 Å². The Morgan fingerprint density at radius 2 is 2.13 bits per heavy atom. The zero-order valence-corrected chi connectivity index (χ0v) is 12.4. The SMILES string of the molecule is O=C(Nc1nc2cc(O)ccc2s1)c1ccc(F)c2occc12. The number of aromatic nitrogens is 1. The van der Waals surface area contributed by atoms with Gasteiger partial charge in [-0.15, -0.1) is 0 Å². The molecule has 2 aromatic carbocycles. The third kappa shape index (κ3) is 2.31. The Balaban J connectivity index is 1.70. The zero-order chi connectivity index (χ0) is 16.0. The Morgan fingerprint density at radius 3 is 3.00 bits per heavy atom. The van der Waals surface area contributed by atoms with Crippen LogP contribution < -0.4 is 5.32 Å². The summed E-state index contributed by atoms with van der Waals surface area (Å²) in [6, 6.07) is 8.95. The van der Waals surface area contributed by atoms with E-state index in [-0.39, 0.29) is 11.3 Å². The lowest BCUT2D eigenvalue weighted by Crippen LogP contribution is -2.12. The highest BCUT2D eigenvalue weighted by molar-refractivity contribution is 7.22. The van der Waals surface area contributed by atoms with Gasteiger partial charge in [-0.05, 0) is 30.3 Å². The lowest BCUT2D eigenvalue weighted by molar-refractivity contribution is 0.102. The van der Waals surface area contributed by atoms with E-state index in [0.29, 0.717) is 21.6 Å². The van der Waals surface area contributed by atoms with E-state index in [1.54, 1.807) is 18.2 Å². The zero-order valence-electron chi connectivity index (χ0n) is 11.5. The molecular formula is C16H9FN2O3S. The molecule has 2 heterocycles. The van der Waals surface area contributed by atoms with Gasteiger partial charge < -0.3 is 9.52 Å². The molecule has 0 unspecified atom stereocenters. The average molecular weight is 328 g/mol. The van der Waals surface area contributed by atoms with Gasteiger partial charge in [0.15, 0.2) is 16.5 Å². The number of nitrogens with one attached hydrogen (secondary N) is 1. The van der Waals surface area contributed by atoms with Crippen LogP contribution in [0.25, 0.3) is 21.2 Å². The molecule has 4 aromatic rings. The molecule has 1 amide bonds. The number of carbonyl (C=O) groups excluding carboxylic acids is 1. The normalized spacial score (nSPS) is 11.2. The summed E-state index contributed by atoms with van der Waals surface area (Å²) in [6.07, 6.45) is 1.34. The van der Waals surface area contributed by atoms with Gasteiger partial charge in [0.25, 0.3) is 5.91 Å². The fraction of sp³-hybridized carbons (Fsp3) is 0. The number of furan rings is 1. The van der Waals surface area contributed by atoms with Crippen molar-refractivity contribution in [2.24, 2.45) is 0 Å². The highest BCUT2D eigenvalue weighted by atomic mass is 32.1. The first kappa shape index (κ1) is 13.7. The van der Waals surface area contributed by atoms with E-state index in [2.05, 4.69) is 10.3 Å². The van der Waals surface area contributed by atoms with Gasteiger partial charge in [0.2, 0.25) is 0 Å². The molecule has 2 N–H and O–H groups in total. The summed E-state index contributed by atoms with van der Waals surface area (Å²) in [7, 11) is 0. The van der Waals surface area contributed by atoms with Crippen molar-refractivity contribution in [1.29, 1.82) is 0 Å². The van der Waals surface area contributed by atoms with Crippen molar-refractivity contribution in [2.75, 3.05) is 5.32 Å². The van der Waals surface area contributed by atoms with Crippen LogP contribution in [0.3, 0.4) is 0 Å². The number of hydrogen-bond acceptors (Lipinski definition) is 5. The summed E-state index contributed by atoms with van der Waals surface area (Å²) in [5.74, 6) is -0.809. The number of nitrogens with zero attached hydrogens (tertiary/aromatic N) is 1. The summed E-state index contributed by atoms with van der Waals surface area (Å²) in [5, 5.41) is 12.9. The lowest BCUT2D eigenvalue weighted by Gasteiger charge is -2.03. The first-order valence-corrected chi connectivity index (χ1v) is 7.50. The fourth-order valence-electron chi connectivity index (χ4n) is 2.36.